The third-order valence-corrected chi connectivity index (χ3v) is 3.18. The number of hydrogen-bond acceptors (Lipinski definition) is 2. The Kier molecular flexibility index (Phi) is 7.39. The van der Waals surface area contributed by atoms with Gasteiger partial charge in [0.25, 0.3) is 0 Å². The molecule has 0 aromatic carbocycles. The molecule has 2 nitrogen and oxygen atoms in total. The normalized spacial score (nSPS) is 18.4. The van der Waals surface area contributed by atoms with Gasteiger partial charge in [0.15, 0.2) is 0 Å². The Labute approximate surface area is 112 Å². The Morgan fingerprint density at radius 2 is 1.89 bits per heavy atom. The van der Waals surface area contributed by atoms with Crippen molar-refractivity contribution in [1.82, 2.24) is 0 Å². The van der Waals surface area contributed by atoms with E-state index >= 15 is 0 Å². The molecule has 0 unspecified atom stereocenters. The summed E-state index contributed by atoms with van der Waals surface area (Å²) in [4.78, 5) is 0. The van der Waals surface area contributed by atoms with E-state index in [2.05, 4.69) is 32.1 Å². The molecule has 1 radical (unpaired) electrons. The smallest absolute Gasteiger partial charge is 0.128 e. The Bertz CT molecular complexity index is 267. The highest BCUT2D eigenvalue weighted by atomic mass is 16.5. The van der Waals surface area contributed by atoms with Gasteiger partial charge in [-0.15, -0.1) is 5.92 Å². The minimum absolute atomic E-state index is 0.179. The van der Waals surface area contributed by atoms with Crippen molar-refractivity contribution in [2.24, 2.45) is 5.92 Å². The third kappa shape index (κ3) is 5.89. The fraction of sp³-hybridized carbons (Fsp3) is 0.812. The summed E-state index contributed by atoms with van der Waals surface area (Å²) >= 11 is 0. The molecule has 1 aliphatic carbocycles. The fourth-order valence-electron chi connectivity index (χ4n) is 2.31. The lowest BCUT2D eigenvalue weighted by Gasteiger charge is -2.32. The van der Waals surface area contributed by atoms with Crippen LogP contribution < -0.4 is 0 Å². The van der Waals surface area contributed by atoms with E-state index in [0.717, 1.165) is 19.4 Å². The topological polar surface area (TPSA) is 18.5 Å². The third-order valence-electron chi connectivity index (χ3n) is 3.18. The second-order valence-corrected chi connectivity index (χ2v) is 5.46. The van der Waals surface area contributed by atoms with Gasteiger partial charge in [-0.2, -0.15) is 0 Å². The molecule has 1 fully saturated rings. The molecule has 0 amide bonds. The van der Waals surface area contributed by atoms with Crippen LogP contribution in [0.25, 0.3) is 0 Å². The van der Waals surface area contributed by atoms with Gasteiger partial charge in [0.05, 0.1) is 13.2 Å². The van der Waals surface area contributed by atoms with Crippen molar-refractivity contribution < 1.29 is 9.47 Å². The monoisotopic (exact) mass is 251 g/mol. The fourth-order valence-corrected chi connectivity index (χ4v) is 2.31. The van der Waals surface area contributed by atoms with Crippen LogP contribution in [-0.4, -0.2) is 25.4 Å². The van der Waals surface area contributed by atoms with Gasteiger partial charge >= 0.3 is 0 Å². The molecular formula is C16H27O2. The van der Waals surface area contributed by atoms with Crippen LogP contribution in [0.4, 0.5) is 0 Å². The van der Waals surface area contributed by atoms with Crippen LogP contribution in [0, 0.1) is 24.2 Å². The van der Waals surface area contributed by atoms with Gasteiger partial charge in [0.1, 0.15) is 5.60 Å². The Morgan fingerprint density at radius 1 is 1.17 bits per heavy atom. The van der Waals surface area contributed by atoms with E-state index in [1.807, 2.05) is 6.92 Å². The van der Waals surface area contributed by atoms with Crippen molar-refractivity contribution in [3.05, 3.63) is 6.42 Å². The first-order valence-electron chi connectivity index (χ1n) is 7.16. The van der Waals surface area contributed by atoms with Crippen LogP contribution in [0.15, 0.2) is 0 Å². The first-order valence-corrected chi connectivity index (χ1v) is 7.16. The van der Waals surface area contributed by atoms with Gasteiger partial charge in [0, 0.05) is 13.0 Å². The summed E-state index contributed by atoms with van der Waals surface area (Å²) in [6, 6.07) is 0. The highest BCUT2D eigenvalue weighted by molar-refractivity contribution is 5.14. The summed E-state index contributed by atoms with van der Waals surface area (Å²) in [5, 5.41) is 0. The zero-order valence-corrected chi connectivity index (χ0v) is 12.1. The van der Waals surface area contributed by atoms with E-state index in [4.69, 9.17) is 9.47 Å². The molecule has 0 aromatic heterocycles. The molecule has 2 heteroatoms. The van der Waals surface area contributed by atoms with E-state index in [-0.39, 0.29) is 5.60 Å². The van der Waals surface area contributed by atoms with Crippen molar-refractivity contribution in [1.29, 1.82) is 0 Å². The minimum Gasteiger partial charge on any atom is -0.381 e. The molecule has 0 saturated heterocycles. The van der Waals surface area contributed by atoms with Gasteiger partial charge in [-0.25, -0.2) is 0 Å². The lowest BCUT2D eigenvalue weighted by Crippen LogP contribution is -2.34. The molecule has 0 aliphatic heterocycles. The van der Waals surface area contributed by atoms with Gasteiger partial charge in [-0.1, -0.05) is 26.2 Å². The first kappa shape index (κ1) is 15.5. The van der Waals surface area contributed by atoms with E-state index in [0.29, 0.717) is 19.1 Å². The molecule has 0 bridgehead atoms. The molecule has 103 valence electrons. The van der Waals surface area contributed by atoms with Crippen molar-refractivity contribution in [3.8, 4) is 11.8 Å². The maximum atomic E-state index is 6.01. The largest absolute Gasteiger partial charge is 0.381 e. The number of rotatable bonds is 7. The average molecular weight is 251 g/mol. The second-order valence-electron chi connectivity index (χ2n) is 5.46. The summed E-state index contributed by atoms with van der Waals surface area (Å²) in [5.41, 5.74) is -0.179. The highest BCUT2D eigenvalue weighted by Gasteiger charge is 2.30. The lowest BCUT2D eigenvalue weighted by molar-refractivity contribution is -0.0201. The van der Waals surface area contributed by atoms with Crippen molar-refractivity contribution in [2.75, 3.05) is 19.8 Å². The summed E-state index contributed by atoms with van der Waals surface area (Å²) in [5.74, 6) is 6.89. The Balaban J connectivity index is 2.19. The maximum Gasteiger partial charge on any atom is 0.128 e. The number of hydrogen-bond donors (Lipinski definition) is 0. The van der Waals surface area contributed by atoms with Gasteiger partial charge in [-0.3, -0.25) is 0 Å². The predicted octanol–water partition coefficient (Wildman–Crippen LogP) is 3.61. The molecule has 0 spiro atoms. The molecule has 1 aliphatic rings. The van der Waals surface area contributed by atoms with Gasteiger partial charge in [0.2, 0.25) is 0 Å². The Morgan fingerprint density at radius 3 is 2.50 bits per heavy atom. The molecule has 0 aromatic rings. The van der Waals surface area contributed by atoms with Crippen LogP contribution in [-0.2, 0) is 9.47 Å². The van der Waals surface area contributed by atoms with E-state index in [1.54, 1.807) is 0 Å². The summed E-state index contributed by atoms with van der Waals surface area (Å²) in [7, 11) is 0. The van der Waals surface area contributed by atoms with E-state index in [1.165, 1.54) is 19.3 Å². The van der Waals surface area contributed by atoms with Crippen LogP contribution in [0.5, 0.6) is 0 Å². The number of ether oxygens (including phenoxy) is 2. The molecule has 18 heavy (non-hydrogen) atoms. The predicted molar refractivity (Wildman–Crippen MR) is 75.2 cm³/mol. The van der Waals surface area contributed by atoms with E-state index in [9.17, 15) is 0 Å². The Hall–Kier alpha value is -0.520. The van der Waals surface area contributed by atoms with Gasteiger partial charge < -0.3 is 9.47 Å². The standard InChI is InChI=1S/C16H27O2/c1-4-9-16(10-6-5-7-11-16)18-13-8-12-17-14-15(2)3/h8,15H,5-7,10-14H2,1-3H3. The molecular weight excluding hydrogens is 224 g/mol. The second kappa shape index (κ2) is 8.56. The molecule has 0 N–H and O–H groups in total. The molecule has 0 heterocycles. The van der Waals surface area contributed by atoms with E-state index < -0.39 is 0 Å². The van der Waals surface area contributed by atoms with Crippen molar-refractivity contribution in [2.45, 2.75) is 58.5 Å². The SMILES string of the molecule is CC#CC1(OC[CH]COCC(C)C)CCCCC1. The maximum absolute atomic E-state index is 6.01. The average Bonchev–Trinajstić information content (AvgIpc) is 2.35. The first-order chi connectivity index (χ1) is 8.68. The van der Waals surface area contributed by atoms with Crippen LogP contribution in [0.2, 0.25) is 0 Å². The zero-order chi connectivity index (χ0) is 13.3. The summed E-state index contributed by atoms with van der Waals surface area (Å²) in [6.45, 7) is 8.35. The quantitative estimate of drug-likeness (QED) is 0.508. The van der Waals surface area contributed by atoms with Crippen molar-refractivity contribution >= 4 is 0 Å². The zero-order valence-electron chi connectivity index (χ0n) is 12.1. The molecule has 1 saturated carbocycles. The summed E-state index contributed by atoms with van der Waals surface area (Å²) < 4.78 is 11.5. The minimum atomic E-state index is -0.179. The molecule has 0 atom stereocenters. The van der Waals surface area contributed by atoms with Crippen LogP contribution in [0.1, 0.15) is 52.9 Å². The van der Waals surface area contributed by atoms with Gasteiger partial charge in [-0.05, 0) is 38.5 Å². The highest BCUT2D eigenvalue weighted by Crippen LogP contribution is 2.31. The molecule has 1 rings (SSSR count). The van der Waals surface area contributed by atoms with Crippen LogP contribution in [0.3, 0.4) is 0 Å². The van der Waals surface area contributed by atoms with Crippen molar-refractivity contribution in [3.63, 3.8) is 0 Å². The van der Waals surface area contributed by atoms with Crippen LogP contribution >= 0.6 is 0 Å². The summed E-state index contributed by atoms with van der Waals surface area (Å²) in [6.07, 6.45) is 8.01. The lowest BCUT2D eigenvalue weighted by atomic mass is 9.85.